The van der Waals surface area contributed by atoms with Crippen LogP contribution in [-0.4, -0.2) is 58.5 Å². The van der Waals surface area contributed by atoms with Crippen LogP contribution < -0.4 is 19.1 Å². The number of carbonyl (C=O) groups is 2. The number of rotatable bonds is 13. The van der Waals surface area contributed by atoms with Crippen molar-refractivity contribution >= 4 is 27.5 Å². The number of para-hydroxylation sites is 1. The van der Waals surface area contributed by atoms with Gasteiger partial charge in [-0.3, -0.25) is 13.9 Å². The lowest BCUT2D eigenvalue weighted by Gasteiger charge is -2.33. The maximum atomic E-state index is 14.0. The molecule has 40 heavy (non-hydrogen) atoms. The Morgan fingerprint density at radius 3 is 2.20 bits per heavy atom. The minimum absolute atomic E-state index is 0.0668. The van der Waals surface area contributed by atoms with E-state index in [2.05, 4.69) is 5.32 Å². The van der Waals surface area contributed by atoms with Gasteiger partial charge in [0.2, 0.25) is 11.8 Å². The van der Waals surface area contributed by atoms with Crippen molar-refractivity contribution in [2.75, 3.05) is 31.6 Å². The van der Waals surface area contributed by atoms with Gasteiger partial charge in [0.25, 0.3) is 10.0 Å². The van der Waals surface area contributed by atoms with Crippen LogP contribution >= 0.6 is 0 Å². The number of hydrogen-bond donors (Lipinski definition) is 1. The SMILES string of the molecule is CCNC(=O)C(CC)N(Cc1cccc(C)c1)C(=O)CN(c1ccccc1)S(=O)(=O)c1ccc(OC)c(OC)c1. The highest BCUT2D eigenvalue weighted by molar-refractivity contribution is 7.92. The lowest BCUT2D eigenvalue weighted by molar-refractivity contribution is -0.140. The van der Waals surface area contributed by atoms with Gasteiger partial charge in [0.1, 0.15) is 12.6 Å². The van der Waals surface area contributed by atoms with Crippen molar-refractivity contribution in [2.24, 2.45) is 0 Å². The molecule has 1 unspecified atom stereocenters. The zero-order valence-corrected chi connectivity index (χ0v) is 24.4. The minimum atomic E-state index is -4.23. The number of carbonyl (C=O) groups excluding carboxylic acids is 2. The molecule has 0 fully saturated rings. The fourth-order valence-corrected chi connectivity index (χ4v) is 5.88. The maximum absolute atomic E-state index is 14.0. The number of amides is 2. The van der Waals surface area contributed by atoms with Crippen molar-refractivity contribution in [3.63, 3.8) is 0 Å². The topological polar surface area (TPSA) is 105 Å². The molecule has 0 aromatic heterocycles. The predicted molar refractivity (Wildman–Crippen MR) is 155 cm³/mol. The van der Waals surface area contributed by atoms with E-state index in [0.29, 0.717) is 24.4 Å². The summed E-state index contributed by atoms with van der Waals surface area (Å²) in [6.07, 6.45) is 0.358. The highest BCUT2D eigenvalue weighted by Crippen LogP contribution is 2.32. The Bertz CT molecular complexity index is 1410. The molecule has 3 aromatic carbocycles. The fraction of sp³-hybridized carbons (Fsp3) is 0.333. The summed E-state index contributed by atoms with van der Waals surface area (Å²) in [6.45, 7) is 5.63. The van der Waals surface area contributed by atoms with Crippen LogP contribution in [0.3, 0.4) is 0 Å². The Labute approximate surface area is 236 Å². The Kier molecular flexibility index (Phi) is 10.6. The van der Waals surface area contributed by atoms with E-state index in [1.807, 2.05) is 45.0 Å². The van der Waals surface area contributed by atoms with Gasteiger partial charge in [-0.05, 0) is 50.1 Å². The first-order valence-corrected chi connectivity index (χ1v) is 14.5. The predicted octanol–water partition coefficient (Wildman–Crippen LogP) is 4.15. The number of hydrogen-bond acceptors (Lipinski definition) is 6. The van der Waals surface area contributed by atoms with Crippen LogP contribution in [-0.2, 0) is 26.2 Å². The smallest absolute Gasteiger partial charge is 0.264 e. The molecule has 3 aromatic rings. The molecule has 3 rings (SSSR count). The molecule has 0 heterocycles. The number of ether oxygens (including phenoxy) is 2. The molecule has 0 saturated heterocycles. The van der Waals surface area contributed by atoms with Gasteiger partial charge in [0, 0.05) is 19.2 Å². The minimum Gasteiger partial charge on any atom is -0.493 e. The van der Waals surface area contributed by atoms with Crippen molar-refractivity contribution in [3.05, 3.63) is 83.9 Å². The molecule has 2 amide bonds. The fourth-order valence-electron chi connectivity index (χ4n) is 4.45. The standard InChI is InChI=1S/C30H37N3O6S/c1-6-26(30(35)31-7-2)32(20-23-13-11-12-22(3)18-23)29(34)21-33(24-14-9-8-10-15-24)40(36,37)25-16-17-27(38-4)28(19-25)39-5/h8-19,26H,6-7,20-21H2,1-5H3,(H,31,35). The Hall–Kier alpha value is -4.05. The van der Waals surface area contributed by atoms with E-state index in [1.165, 1.54) is 37.3 Å². The van der Waals surface area contributed by atoms with Gasteiger partial charge in [-0.2, -0.15) is 0 Å². The molecule has 1 atom stereocenters. The molecule has 0 bridgehead atoms. The van der Waals surface area contributed by atoms with Crippen molar-refractivity contribution in [3.8, 4) is 11.5 Å². The monoisotopic (exact) mass is 567 g/mol. The molecule has 1 N–H and O–H groups in total. The van der Waals surface area contributed by atoms with E-state index in [1.54, 1.807) is 30.3 Å². The number of likely N-dealkylation sites (N-methyl/N-ethyl adjacent to an activating group) is 1. The molecule has 0 aliphatic carbocycles. The molecular formula is C30H37N3O6S. The van der Waals surface area contributed by atoms with Crippen molar-refractivity contribution in [2.45, 2.75) is 44.7 Å². The van der Waals surface area contributed by atoms with E-state index in [4.69, 9.17) is 9.47 Å². The van der Waals surface area contributed by atoms with Gasteiger partial charge in [0.15, 0.2) is 11.5 Å². The first kappa shape index (κ1) is 30.5. The average molecular weight is 568 g/mol. The number of nitrogens with zero attached hydrogens (tertiary/aromatic N) is 2. The molecule has 0 saturated carbocycles. The second kappa shape index (κ2) is 13.8. The van der Waals surface area contributed by atoms with Gasteiger partial charge in [-0.15, -0.1) is 0 Å². The summed E-state index contributed by atoms with van der Waals surface area (Å²) in [5.74, 6) is -0.181. The first-order valence-electron chi connectivity index (χ1n) is 13.1. The lowest BCUT2D eigenvalue weighted by Crippen LogP contribution is -2.52. The van der Waals surface area contributed by atoms with Gasteiger partial charge >= 0.3 is 0 Å². The summed E-state index contributed by atoms with van der Waals surface area (Å²) in [4.78, 5) is 28.4. The first-order chi connectivity index (χ1) is 19.2. The summed E-state index contributed by atoms with van der Waals surface area (Å²) < 4.78 is 39.7. The molecule has 9 nitrogen and oxygen atoms in total. The third-order valence-corrected chi connectivity index (χ3v) is 8.21. The second-order valence-corrected chi connectivity index (χ2v) is 11.1. The van der Waals surface area contributed by atoms with Crippen molar-refractivity contribution < 1.29 is 27.5 Å². The Morgan fingerprint density at radius 2 is 1.60 bits per heavy atom. The molecule has 0 spiro atoms. The number of aryl methyl sites for hydroxylation is 1. The van der Waals surface area contributed by atoms with Gasteiger partial charge in [-0.1, -0.05) is 55.0 Å². The van der Waals surface area contributed by atoms with E-state index in [0.717, 1.165) is 15.4 Å². The van der Waals surface area contributed by atoms with Gasteiger partial charge < -0.3 is 19.7 Å². The largest absolute Gasteiger partial charge is 0.493 e. The van der Waals surface area contributed by atoms with Crippen LogP contribution in [0.5, 0.6) is 11.5 Å². The number of anilines is 1. The van der Waals surface area contributed by atoms with Crippen LogP contribution in [0.25, 0.3) is 0 Å². The van der Waals surface area contributed by atoms with Crippen molar-refractivity contribution in [1.29, 1.82) is 0 Å². The molecule has 0 radical (unpaired) electrons. The Morgan fingerprint density at radius 1 is 0.900 bits per heavy atom. The molecule has 0 aliphatic rings. The summed E-state index contributed by atoms with van der Waals surface area (Å²) in [7, 11) is -1.35. The van der Waals surface area contributed by atoms with E-state index < -0.39 is 28.5 Å². The highest BCUT2D eigenvalue weighted by Gasteiger charge is 2.34. The quantitative estimate of drug-likeness (QED) is 0.333. The molecular weight excluding hydrogens is 530 g/mol. The summed E-state index contributed by atoms with van der Waals surface area (Å²) in [6, 6.07) is 19.6. The number of nitrogens with one attached hydrogen (secondary N) is 1. The zero-order valence-electron chi connectivity index (χ0n) is 23.6. The average Bonchev–Trinajstić information content (AvgIpc) is 2.95. The van der Waals surface area contributed by atoms with Crippen molar-refractivity contribution in [1.82, 2.24) is 10.2 Å². The van der Waals surface area contributed by atoms with Crippen LogP contribution in [0.15, 0.2) is 77.7 Å². The third kappa shape index (κ3) is 7.12. The normalized spacial score (nSPS) is 11.8. The van der Waals surface area contributed by atoms with Gasteiger partial charge in [-0.25, -0.2) is 8.42 Å². The van der Waals surface area contributed by atoms with E-state index >= 15 is 0 Å². The lowest BCUT2D eigenvalue weighted by atomic mass is 10.1. The van der Waals surface area contributed by atoms with Crippen LogP contribution in [0.1, 0.15) is 31.4 Å². The highest BCUT2D eigenvalue weighted by atomic mass is 32.2. The van der Waals surface area contributed by atoms with Crippen LogP contribution in [0.2, 0.25) is 0 Å². The third-order valence-electron chi connectivity index (χ3n) is 6.44. The maximum Gasteiger partial charge on any atom is 0.264 e. The number of benzene rings is 3. The van der Waals surface area contributed by atoms with Crippen LogP contribution in [0.4, 0.5) is 5.69 Å². The summed E-state index contributed by atoms with van der Waals surface area (Å²) in [5.41, 5.74) is 2.16. The number of methoxy groups -OCH3 is 2. The van der Waals surface area contributed by atoms with Crippen LogP contribution in [0, 0.1) is 6.92 Å². The summed E-state index contributed by atoms with van der Waals surface area (Å²) in [5, 5.41) is 2.80. The molecule has 0 aliphatic heterocycles. The second-order valence-electron chi connectivity index (χ2n) is 9.19. The summed E-state index contributed by atoms with van der Waals surface area (Å²) >= 11 is 0. The number of sulfonamides is 1. The van der Waals surface area contributed by atoms with E-state index in [-0.39, 0.29) is 23.1 Å². The molecule has 10 heteroatoms. The van der Waals surface area contributed by atoms with E-state index in [9.17, 15) is 18.0 Å². The molecule has 214 valence electrons. The Balaban J connectivity index is 2.07. The zero-order chi connectivity index (χ0) is 29.3. The van der Waals surface area contributed by atoms with Gasteiger partial charge in [0.05, 0.1) is 24.8 Å².